The summed E-state index contributed by atoms with van der Waals surface area (Å²) < 4.78 is 5.78. The Morgan fingerprint density at radius 1 is 0.964 bits per heavy atom. The Hall–Kier alpha value is -3.47. The standard InChI is InChI=1S/C23H21N3O2/c1-15-7-10-18(11-8-15)25-26-20-13-16(2)9-12-19(20)24-23(27)22-14-17-5-3-4-6-21(17)28-22/h3-13,22H,14H2,1-2H3,(H,24,27). The van der Waals surface area contributed by atoms with E-state index in [9.17, 15) is 4.79 Å². The molecule has 1 amide bonds. The third-order valence-corrected chi connectivity index (χ3v) is 4.66. The van der Waals surface area contributed by atoms with Crippen molar-refractivity contribution in [1.82, 2.24) is 0 Å². The topological polar surface area (TPSA) is 63.0 Å². The van der Waals surface area contributed by atoms with Gasteiger partial charge in [0.15, 0.2) is 6.10 Å². The number of hydrogen-bond acceptors (Lipinski definition) is 4. The lowest BCUT2D eigenvalue weighted by molar-refractivity contribution is -0.122. The number of nitrogens with zero attached hydrogens (tertiary/aromatic N) is 2. The van der Waals surface area contributed by atoms with E-state index in [-0.39, 0.29) is 5.91 Å². The minimum atomic E-state index is -0.541. The Bertz CT molecular complexity index is 1020. The molecule has 1 aliphatic heterocycles. The summed E-state index contributed by atoms with van der Waals surface area (Å²) in [6.45, 7) is 4.01. The number of anilines is 1. The van der Waals surface area contributed by atoms with E-state index in [0.29, 0.717) is 17.8 Å². The van der Waals surface area contributed by atoms with Gasteiger partial charge < -0.3 is 10.1 Å². The van der Waals surface area contributed by atoms with Gasteiger partial charge in [0, 0.05) is 6.42 Å². The molecule has 0 fully saturated rings. The highest BCUT2D eigenvalue weighted by Crippen LogP contribution is 2.31. The molecule has 5 nitrogen and oxygen atoms in total. The lowest BCUT2D eigenvalue weighted by atomic mass is 10.1. The van der Waals surface area contributed by atoms with Crippen molar-refractivity contribution in [3.05, 3.63) is 83.4 Å². The summed E-state index contributed by atoms with van der Waals surface area (Å²) >= 11 is 0. The number of carbonyl (C=O) groups is 1. The lowest BCUT2D eigenvalue weighted by Crippen LogP contribution is -2.31. The van der Waals surface area contributed by atoms with Crippen molar-refractivity contribution in [2.75, 3.05) is 5.32 Å². The van der Waals surface area contributed by atoms with Gasteiger partial charge in [0.1, 0.15) is 11.4 Å². The minimum Gasteiger partial charge on any atom is -0.480 e. The number of benzene rings is 3. The van der Waals surface area contributed by atoms with E-state index < -0.39 is 6.10 Å². The predicted molar refractivity (Wildman–Crippen MR) is 110 cm³/mol. The highest BCUT2D eigenvalue weighted by Gasteiger charge is 2.29. The van der Waals surface area contributed by atoms with E-state index >= 15 is 0 Å². The average molecular weight is 371 g/mol. The summed E-state index contributed by atoms with van der Waals surface area (Å²) in [6, 6.07) is 21.2. The van der Waals surface area contributed by atoms with Crippen molar-refractivity contribution in [2.24, 2.45) is 10.2 Å². The molecule has 1 unspecified atom stereocenters. The van der Waals surface area contributed by atoms with Crippen molar-refractivity contribution in [2.45, 2.75) is 26.4 Å². The third-order valence-electron chi connectivity index (χ3n) is 4.66. The second kappa shape index (κ2) is 7.64. The van der Waals surface area contributed by atoms with Crippen molar-refractivity contribution < 1.29 is 9.53 Å². The number of azo groups is 1. The Morgan fingerprint density at radius 2 is 1.71 bits per heavy atom. The molecule has 1 N–H and O–H groups in total. The lowest BCUT2D eigenvalue weighted by Gasteiger charge is -2.13. The predicted octanol–water partition coefficient (Wildman–Crippen LogP) is 5.66. The molecular formula is C23H21N3O2. The molecule has 140 valence electrons. The quantitative estimate of drug-likeness (QED) is 0.601. The van der Waals surface area contributed by atoms with Crippen molar-refractivity contribution >= 4 is 23.0 Å². The summed E-state index contributed by atoms with van der Waals surface area (Å²) in [7, 11) is 0. The van der Waals surface area contributed by atoms with E-state index in [0.717, 1.165) is 22.6 Å². The van der Waals surface area contributed by atoms with E-state index in [1.54, 1.807) is 0 Å². The maximum absolute atomic E-state index is 12.7. The van der Waals surface area contributed by atoms with Crippen LogP contribution in [0.15, 0.2) is 77.0 Å². The first-order valence-corrected chi connectivity index (χ1v) is 9.23. The second-order valence-electron chi connectivity index (χ2n) is 6.96. The second-order valence-corrected chi connectivity index (χ2v) is 6.96. The van der Waals surface area contributed by atoms with Gasteiger partial charge in [0.25, 0.3) is 5.91 Å². The fraction of sp³-hybridized carbons (Fsp3) is 0.174. The van der Waals surface area contributed by atoms with Crippen LogP contribution < -0.4 is 10.1 Å². The van der Waals surface area contributed by atoms with Gasteiger partial charge >= 0.3 is 0 Å². The SMILES string of the molecule is Cc1ccc(N=Nc2cc(C)ccc2NC(=O)C2Cc3ccccc3O2)cc1. The zero-order chi connectivity index (χ0) is 19.5. The molecule has 28 heavy (non-hydrogen) atoms. The number of para-hydroxylation sites is 1. The number of carbonyl (C=O) groups excluding carboxylic acids is 1. The van der Waals surface area contributed by atoms with E-state index in [2.05, 4.69) is 15.5 Å². The maximum Gasteiger partial charge on any atom is 0.265 e. The van der Waals surface area contributed by atoms with Gasteiger partial charge in [0.2, 0.25) is 0 Å². The zero-order valence-electron chi connectivity index (χ0n) is 15.8. The number of fused-ring (bicyclic) bond motifs is 1. The molecule has 0 saturated heterocycles. The highest BCUT2D eigenvalue weighted by atomic mass is 16.5. The van der Waals surface area contributed by atoms with Crippen LogP contribution in [0.4, 0.5) is 17.1 Å². The Balaban J connectivity index is 1.52. The van der Waals surface area contributed by atoms with Crippen molar-refractivity contribution in [3.8, 4) is 5.75 Å². The van der Waals surface area contributed by atoms with E-state index in [1.165, 1.54) is 5.56 Å². The molecule has 1 aliphatic rings. The Morgan fingerprint density at radius 3 is 2.50 bits per heavy atom. The normalized spacial score (nSPS) is 15.3. The van der Waals surface area contributed by atoms with Crippen molar-refractivity contribution in [3.63, 3.8) is 0 Å². The van der Waals surface area contributed by atoms with Crippen LogP contribution in [-0.2, 0) is 11.2 Å². The third kappa shape index (κ3) is 3.93. The summed E-state index contributed by atoms with van der Waals surface area (Å²) in [5, 5.41) is 11.6. The molecule has 0 aromatic heterocycles. The molecule has 1 atom stereocenters. The van der Waals surface area contributed by atoms with E-state index in [4.69, 9.17) is 4.74 Å². The summed E-state index contributed by atoms with van der Waals surface area (Å²) in [5.74, 6) is 0.581. The minimum absolute atomic E-state index is 0.188. The van der Waals surface area contributed by atoms with Gasteiger partial charge in [-0.25, -0.2) is 0 Å². The molecule has 3 aromatic rings. The van der Waals surface area contributed by atoms with Crippen molar-refractivity contribution in [1.29, 1.82) is 0 Å². The molecule has 0 aliphatic carbocycles. The summed E-state index contributed by atoms with van der Waals surface area (Å²) in [4.78, 5) is 12.7. The van der Waals surface area contributed by atoms with Gasteiger partial charge in [-0.3, -0.25) is 4.79 Å². The molecule has 0 radical (unpaired) electrons. The molecule has 5 heteroatoms. The van der Waals surface area contributed by atoms with Crippen LogP contribution in [-0.4, -0.2) is 12.0 Å². The van der Waals surface area contributed by atoms with Crippen LogP contribution in [0.5, 0.6) is 5.75 Å². The Kier molecular flexibility index (Phi) is 4.89. The Labute approximate surface area is 164 Å². The molecule has 3 aromatic carbocycles. The number of nitrogens with one attached hydrogen (secondary N) is 1. The van der Waals surface area contributed by atoms with Crippen LogP contribution >= 0.6 is 0 Å². The fourth-order valence-corrected chi connectivity index (χ4v) is 3.09. The van der Waals surface area contributed by atoms with Crippen LogP contribution in [0.25, 0.3) is 0 Å². The highest BCUT2D eigenvalue weighted by molar-refractivity contribution is 5.97. The first-order valence-electron chi connectivity index (χ1n) is 9.23. The molecule has 1 heterocycles. The van der Waals surface area contributed by atoms with E-state index in [1.807, 2.05) is 80.6 Å². The molecule has 0 saturated carbocycles. The largest absolute Gasteiger partial charge is 0.480 e. The van der Waals surface area contributed by atoms with Gasteiger partial charge in [-0.2, -0.15) is 5.11 Å². The zero-order valence-corrected chi connectivity index (χ0v) is 15.8. The number of amides is 1. The number of ether oxygens (including phenoxy) is 1. The first-order chi connectivity index (χ1) is 13.6. The summed E-state index contributed by atoms with van der Waals surface area (Å²) in [5.41, 5.74) is 5.25. The molecule has 0 spiro atoms. The molecule has 4 rings (SSSR count). The van der Waals surface area contributed by atoms with Crippen LogP contribution in [0.3, 0.4) is 0 Å². The van der Waals surface area contributed by atoms with Crippen LogP contribution in [0.2, 0.25) is 0 Å². The monoisotopic (exact) mass is 371 g/mol. The number of hydrogen-bond donors (Lipinski definition) is 1. The van der Waals surface area contributed by atoms with Crippen LogP contribution in [0, 0.1) is 13.8 Å². The van der Waals surface area contributed by atoms with Gasteiger partial charge in [-0.15, -0.1) is 5.11 Å². The smallest absolute Gasteiger partial charge is 0.265 e. The average Bonchev–Trinajstić information content (AvgIpc) is 3.14. The molecular weight excluding hydrogens is 350 g/mol. The maximum atomic E-state index is 12.7. The number of rotatable bonds is 4. The fourth-order valence-electron chi connectivity index (χ4n) is 3.09. The van der Waals surface area contributed by atoms with Gasteiger partial charge in [-0.05, 0) is 55.3 Å². The number of aryl methyl sites for hydroxylation is 2. The summed E-state index contributed by atoms with van der Waals surface area (Å²) in [6.07, 6.45) is 0.0225. The first kappa shape index (κ1) is 17.9. The van der Waals surface area contributed by atoms with Gasteiger partial charge in [0.05, 0.1) is 11.4 Å². The van der Waals surface area contributed by atoms with Gasteiger partial charge in [-0.1, -0.05) is 42.0 Å². The molecule has 0 bridgehead atoms. The van der Waals surface area contributed by atoms with Crippen LogP contribution in [0.1, 0.15) is 16.7 Å².